The number of hydrogen-bond donors (Lipinski definition) is 0. The summed E-state index contributed by atoms with van der Waals surface area (Å²) in [4.78, 5) is 1.89. The maximum Gasteiger partial charge on any atom is 0.217 e. The first-order valence-electron chi connectivity index (χ1n) is 5.75. The molecule has 1 aromatic rings. The molecule has 0 aliphatic carbocycles. The molecule has 18 heavy (non-hydrogen) atoms. The molecule has 0 fully saturated rings. The van der Waals surface area contributed by atoms with E-state index in [4.69, 9.17) is 17.0 Å². The highest BCUT2D eigenvalue weighted by Gasteiger charge is 2.31. The van der Waals surface area contributed by atoms with Gasteiger partial charge in [-0.25, -0.2) is 4.39 Å². The van der Waals surface area contributed by atoms with Gasteiger partial charge in [0.05, 0.1) is 0 Å². The highest BCUT2D eigenvalue weighted by atomic mass is 32.1. The second kappa shape index (κ2) is 5.39. The van der Waals surface area contributed by atoms with Gasteiger partial charge in [-0.15, -0.1) is 5.11 Å². The molecule has 0 saturated carbocycles. The third-order valence-corrected chi connectivity index (χ3v) is 3.04. The molecule has 0 N–H and O–H groups in total. The Labute approximate surface area is 110 Å². The van der Waals surface area contributed by atoms with Crippen molar-refractivity contribution in [2.24, 2.45) is 10.2 Å². The van der Waals surface area contributed by atoms with Gasteiger partial charge in [0, 0.05) is 6.54 Å². The number of nitrogens with zero attached hydrogens (tertiary/aromatic N) is 3. The number of likely N-dealkylation sites (N-methyl/N-ethyl adjacent to an activating group) is 1. The standard InChI is InChI=1S/C12H14FN3OS/c1-3-16-11(14-15-12(16)18)8(2)17-10-6-4-9(13)5-7-10/h4-8,11H,3H2,1-2H3. The molecule has 0 bridgehead atoms. The predicted molar refractivity (Wildman–Crippen MR) is 70.1 cm³/mol. The minimum Gasteiger partial charge on any atom is -0.486 e. The lowest BCUT2D eigenvalue weighted by Crippen LogP contribution is -2.42. The number of hydrogen-bond acceptors (Lipinski definition) is 3. The molecule has 0 radical (unpaired) electrons. The van der Waals surface area contributed by atoms with Gasteiger partial charge < -0.3 is 9.64 Å². The molecule has 2 unspecified atom stereocenters. The van der Waals surface area contributed by atoms with Crippen LogP contribution in [0.4, 0.5) is 4.39 Å². The third kappa shape index (κ3) is 2.64. The zero-order valence-corrected chi connectivity index (χ0v) is 11.0. The van der Waals surface area contributed by atoms with Gasteiger partial charge in [-0.3, -0.25) is 0 Å². The summed E-state index contributed by atoms with van der Waals surface area (Å²) in [6, 6.07) is 5.90. The molecule has 0 spiro atoms. The lowest BCUT2D eigenvalue weighted by Gasteiger charge is -2.26. The summed E-state index contributed by atoms with van der Waals surface area (Å²) in [7, 11) is 0. The van der Waals surface area contributed by atoms with Crippen LogP contribution in [0.15, 0.2) is 34.5 Å². The molecular formula is C12H14FN3OS. The molecule has 0 aromatic heterocycles. The predicted octanol–water partition coefficient (Wildman–Crippen LogP) is 2.99. The average molecular weight is 267 g/mol. The SMILES string of the molecule is CCN1C(=S)N=NC1C(C)Oc1ccc(F)cc1. The Balaban J connectivity index is 2.04. The molecule has 1 aromatic carbocycles. The van der Waals surface area contributed by atoms with E-state index in [9.17, 15) is 4.39 Å². The van der Waals surface area contributed by atoms with E-state index in [1.807, 2.05) is 18.7 Å². The monoisotopic (exact) mass is 267 g/mol. The van der Waals surface area contributed by atoms with Crippen molar-refractivity contribution in [3.05, 3.63) is 30.1 Å². The fourth-order valence-electron chi connectivity index (χ4n) is 1.80. The smallest absolute Gasteiger partial charge is 0.217 e. The highest BCUT2D eigenvalue weighted by molar-refractivity contribution is 7.80. The first kappa shape index (κ1) is 12.9. The first-order chi connectivity index (χ1) is 8.61. The summed E-state index contributed by atoms with van der Waals surface area (Å²) in [6.07, 6.45) is -0.424. The Morgan fingerprint density at radius 2 is 2.11 bits per heavy atom. The van der Waals surface area contributed by atoms with Gasteiger partial charge in [0.2, 0.25) is 5.11 Å². The van der Waals surface area contributed by atoms with Crippen molar-refractivity contribution in [3.8, 4) is 5.75 Å². The van der Waals surface area contributed by atoms with Crippen molar-refractivity contribution in [2.45, 2.75) is 26.1 Å². The van der Waals surface area contributed by atoms with Gasteiger partial charge in [0.1, 0.15) is 17.7 Å². The molecule has 1 heterocycles. The summed E-state index contributed by atoms with van der Waals surface area (Å²) in [5.74, 6) is 0.319. The Hall–Kier alpha value is -1.56. The number of azo groups is 1. The highest BCUT2D eigenvalue weighted by Crippen LogP contribution is 2.21. The van der Waals surface area contributed by atoms with Crippen molar-refractivity contribution in [1.29, 1.82) is 0 Å². The number of ether oxygens (including phenoxy) is 1. The Kier molecular flexibility index (Phi) is 3.86. The van der Waals surface area contributed by atoms with E-state index in [0.717, 1.165) is 6.54 Å². The Morgan fingerprint density at radius 3 is 2.72 bits per heavy atom. The number of rotatable bonds is 4. The Bertz CT molecular complexity index is 463. The van der Waals surface area contributed by atoms with E-state index in [1.165, 1.54) is 12.1 Å². The fraction of sp³-hybridized carbons (Fsp3) is 0.417. The van der Waals surface area contributed by atoms with Crippen LogP contribution in [0.2, 0.25) is 0 Å². The minimum atomic E-state index is -0.285. The molecule has 96 valence electrons. The summed E-state index contributed by atoms with van der Waals surface area (Å²) in [5.41, 5.74) is 0. The molecule has 4 nitrogen and oxygen atoms in total. The van der Waals surface area contributed by atoms with Crippen molar-refractivity contribution >= 4 is 17.3 Å². The summed E-state index contributed by atoms with van der Waals surface area (Å²) < 4.78 is 18.5. The average Bonchev–Trinajstić information content (AvgIpc) is 2.73. The van der Waals surface area contributed by atoms with Crippen molar-refractivity contribution in [3.63, 3.8) is 0 Å². The van der Waals surface area contributed by atoms with E-state index >= 15 is 0 Å². The van der Waals surface area contributed by atoms with E-state index in [-0.39, 0.29) is 18.1 Å². The van der Waals surface area contributed by atoms with E-state index < -0.39 is 0 Å². The largest absolute Gasteiger partial charge is 0.486 e. The van der Waals surface area contributed by atoms with Crippen LogP contribution in [-0.2, 0) is 0 Å². The molecule has 1 aliphatic rings. The normalized spacial score (nSPS) is 20.3. The summed E-state index contributed by atoms with van der Waals surface area (Å²) in [5, 5.41) is 8.47. The molecule has 1 aliphatic heterocycles. The van der Waals surface area contributed by atoms with Crippen molar-refractivity contribution in [1.82, 2.24) is 4.90 Å². The Morgan fingerprint density at radius 1 is 1.44 bits per heavy atom. The zero-order valence-electron chi connectivity index (χ0n) is 10.2. The molecule has 2 atom stereocenters. The van der Waals surface area contributed by atoms with E-state index in [1.54, 1.807) is 12.1 Å². The van der Waals surface area contributed by atoms with Crippen LogP contribution in [0.5, 0.6) is 5.75 Å². The van der Waals surface area contributed by atoms with E-state index in [0.29, 0.717) is 10.9 Å². The second-order valence-electron chi connectivity index (χ2n) is 3.97. The molecule has 6 heteroatoms. The van der Waals surface area contributed by atoms with E-state index in [2.05, 4.69) is 10.2 Å². The van der Waals surface area contributed by atoms with Crippen LogP contribution in [0, 0.1) is 5.82 Å². The number of thiocarbonyl (C=S) groups is 1. The maximum absolute atomic E-state index is 12.8. The molecule has 2 rings (SSSR count). The molecular weight excluding hydrogens is 253 g/mol. The van der Waals surface area contributed by atoms with Gasteiger partial charge in [-0.05, 0) is 50.3 Å². The lowest BCUT2D eigenvalue weighted by atomic mass is 10.2. The van der Waals surface area contributed by atoms with Crippen molar-refractivity contribution < 1.29 is 9.13 Å². The quantitative estimate of drug-likeness (QED) is 0.787. The van der Waals surface area contributed by atoms with Crippen LogP contribution >= 0.6 is 12.2 Å². The van der Waals surface area contributed by atoms with Crippen LogP contribution in [0.25, 0.3) is 0 Å². The van der Waals surface area contributed by atoms with Gasteiger partial charge in [0.15, 0.2) is 6.17 Å². The van der Waals surface area contributed by atoms with Crippen LogP contribution in [0.1, 0.15) is 13.8 Å². The van der Waals surface area contributed by atoms with Gasteiger partial charge in [0.25, 0.3) is 0 Å². The van der Waals surface area contributed by atoms with Gasteiger partial charge >= 0.3 is 0 Å². The van der Waals surface area contributed by atoms with Crippen LogP contribution < -0.4 is 4.74 Å². The third-order valence-electron chi connectivity index (χ3n) is 2.72. The maximum atomic E-state index is 12.8. The minimum absolute atomic E-state index is 0.209. The van der Waals surface area contributed by atoms with Gasteiger partial charge in [-0.1, -0.05) is 0 Å². The zero-order chi connectivity index (χ0) is 13.1. The first-order valence-corrected chi connectivity index (χ1v) is 6.16. The summed E-state index contributed by atoms with van der Waals surface area (Å²) in [6.45, 7) is 4.61. The second-order valence-corrected chi connectivity index (χ2v) is 4.34. The number of benzene rings is 1. The number of halogens is 1. The molecule has 0 saturated heterocycles. The lowest BCUT2D eigenvalue weighted by molar-refractivity contribution is 0.133. The van der Waals surface area contributed by atoms with Crippen molar-refractivity contribution in [2.75, 3.05) is 6.54 Å². The fourth-order valence-corrected chi connectivity index (χ4v) is 2.08. The van der Waals surface area contributed by atoms with Gasteiger partial charge in [-0.2, -0.15) is 5.11 Å². The van der Waals surface area contributed by atoms with Crippen LogP contribution in [0.3, 0.4) is 0 Å². The summed E-state index contributed by atoms with van der Waals surface area (Å²) >= 11 is 5.08. The topological polar surface area (TPSA) is 37.2 Å². The molecule has 0 amide bonds. The van der Waals surface area contributed by atoms with Crippen LogP contribution in [-0.4, -0.2) is 28.8 Å².